The van der Waals surface area contributed by atoms with E-state index in [0.29, 0.717) is 36.0 Å². The summed E-state index contributed by atoms with van der Waals surface area (Å²) in [4.78, 5) is 37.2. The molecule has 0 aromatic rings. The molecule has 3 fully saturated rings. The maximum absolute atomic E-state index is 12.8. The van der Waals surface area contributed by atoms with E-state index in [4.69, 9.17) is 19.9 Å². The summed E-state index contributed by atoms with van der Waals surface area (Å²) in [6.07, 6.45) is 14.6. The van der Waals surface area contributed by atoms with Gasteiger partial charge in [-0.2, -0.15) is 0 Å². The molecular weight excluding hydrogens is 542 g/mol. The van der Waals surface area contributed by atoms with E-state index in [-0.39, 0.29) is 36.3 Å². The van der Waals surface area contributed by atoms with Crippen LogP contribution in [0.25, 0.3) is 0 Å². The lowest BCUT2D eigenvalue weighted by Gasteiger charge is -2.57. The van der Waals surface area contributed by atoms with Gasteiger partial charge in [-0.15, -0.1) is 0 Å². The molecule has 7 nitrogen and oxygen atoms in total. The van der Waals surface area contributed by atoms with Crippen LogP contribution in [0.15, 0.2) is 12.2 Å². The van der Waals surface area contributed by atoms with Crippen LogP contribution in [-0.2, 0) is 28.6 Å². The summed E-state index contributed by atoms with van der Waals surface area (Å²) < 4.78 is 16.8. The summed E-state index contributed by atoms with van der Waals surface area (Å²) >= 11 is 0. The molecule has 0 bridgehead atoms. The second-order valence-corrected chi connectivity index (χ2v) is 16.5. The van der Waals surface area contributed by atoms with Crippen molar-refractivity contribution in [2.45, 2.75) is 149 Å². The van der Waals surface area contributed by atoms with Crippen LogP contribution in [0.1, 0.15) is 126 Å². The summed E-state index contributed by atoms with van der Waals surface area (Å²) in [5.74, 6) is 3.52. The maximum atomic E-state index is 12.8. The number of nitrogens with two attached hydrogens (primary N) is 1. The Morgan fingerprint density at radius 2 is 1.47 bits per heavy atom. The fourth-order valence-corrected chi connectivity index (χ4v) is 9.05. The first kappa shape index (κ1) is 34.0. The number of carbonyl (C=O) groups is 3. The fraction of sp³-hybridized carbons (Fsp3) is 0.861. The van der Waals surface area contributed by atoms with Crippen molar-refractivity contribution in [3.05, 3.63) is 12.2 Å². The number of hydrogen-bond acceptors (Lipinski definition) is 7. The van der Waals surface area contributed by atoms with Gasteiger partial charge in [0, 0.05) is 12.8 Å². The Bertz CT molecular complexity index is 1040. The molecule has 0 heterocycles. The van der Waals surface area contributed by atoms with Gasteiger partial charge in [-0.1, -0.05) is 26.0 Å². The van der Waals surface area contributed by atoms with E-state index in [9.17, 15) is 14.4 Å². The van der Waals surface area contributed by atoms with Crippen LogP contribution in [0.4, 0.5) is 0 Å². The molecule has 4 rings (SSSR count). The molecule has 0 aromatic heterocycles. The number of ether oxygens (including phenoxy) is 3. The molecule has 2 unspecified atom stereocenters. The second kappa shape index (κ2) is 13.2. The lowest BCUT2D eigenvalue weighted by molar-refractivity contribution is -0.159. The molecular formula is C36H59NO6. The van der Waals surface area contributed by atoms with Crippen LogP contribution in [0, 0.1) is 46.8 Å². The predicted molar refractivity (Wildman–Crippen MR) is 168 cm³/mol. The Morgan fingerprint density at radius 1 is 0.860 bits per heavy atom. The topological polar surface area (TPSA) is 105 Å². The minimum atomic E-state index is -0.809. The molecule has 0 amide bonds. The average molecular weight is 602 g/mol. The van der Waals surface area contributed by atoms with Gasteiger partial charge in [-0.25, -0.2) is 0 Å². The Kier molecular flexibility index (Phi) is 10.5. The van der Waals surface area contributed by atoms with Gasteiger partial charge >= 0.3 is 17.9 Å². The third-order valence-electron chi connectivity index (χ3n) is 11.1. The van der Waals surface area contributed by atoms with E-state index in [2.05, 4.69) is 26.0 Å². The van der Waals surface area contributed by atoms with Gasteiger partial charge in [-0.3, -0.25) is 14.4 Å². The average Bonchev–Trinajstić information content (AvgIpc) is 3.33. The van der Waals surface area contributed by atoms with Gasteiger partial charge in [0.1, 0.15) is 23.3 Å². The molecule has 2 N–H and O–H groups in total. The van der Waals surface area contributed by atoms with Crippen LogP contribution in [0.5, 0.6) is 0 Å². The quantitative estimate of drug-likeness (QED) is 0.170. The lowest BCUT2D eigenvalue weighted by Crippen LogP contribution is -2.51. The zero-order chi connectivity index (χ0) is 31.7. The predicted octanol–water partition coefficient (Wildman–Crippen LogP) is 7.15. The van der Waals surface area contributed by atoms with Crippen LogP contribution < -0.4 is 5.73 Å². The van der Waals surface area contributed by atoms with Crippen molar-refractivity contribution >= 4 is 17.9 Å². The van der Waals surface area contributed by atoms with Crippen molar-refractivity contribution in [1.29, 1.82) is 0 Å². The van der Waals surface area contributed by atoms with E-state index >= 15 is 0 Å². The SMILES string of the molecule is C[C@H](CCC(=O)OC(C)(C)C)C1CC[C@@H]2C1C=C[C@H]1[C@H]2CC[C@@H]2C[C@H](OC(=O)[C@@H](N)CCC(=O)OC(C)(C)C)CC[C@@]21C. The van der Waals surface area contributed by atoms with Crippen LogP contribution in [0.2, 0.25) is 0 Å². The first-order valence-electron chi connectivity index (χ1n) is 17.0. The van der Waals surface area contributed by atoms with Crippen molar-refractivity contribution in [2.24, 2.45) is 52.6 Å². The Morgan fingerprint density at radius 3 is 2.09 bits per heavy atom. The summed E-state index contributed by atoms with van der Waals surface area (Å²) in [7, 11) is 0. The molecule has 3 saturated carbocycles. The molecule has 0 spiro atoms. The monoisotopic (exact) mass is 601 g/mol. The van der Waals surface area contributed by atoms with Gasteiger partial charge in [0.25, 0.3) is 0 Å². The third kappa shape index (κ3) is 8.43. The number of rotatable bonds is 9. The normalized spacial score (nSPS) is 35.1. The summed E-state index contributed by atoms with van der Waals surface area (Å²) in [5.41, 5.74) is 5.37. The van der Waals surface area contributed by atoms with E-state index in [1.165, 1.54) is 25.7 Å². The van der Waals surface area contributed by atoms with Crippen molar-refractivity contribution < 1.29 is 28.6 Å². The van der Waals surface area contributed by atoms with Crippen LogP contribution in [-0.4, -0.2) is 41.3 Å². The summed E-state index contributed by atoms with van der Waals surface area (Å²) in [5, 5.41) is 0. The highest BCUT2D eigenvalue weighted by molar-refractivity contribution is 5.77. The molecule has 10 atom stereocenters. The Hall–Kier alpha value is -1.89. The van der Waals surface area contributed by atoms with Crippen molar-refractivity contribution in [2.75, 3.05) is 0 Å². The molecule has 0 radical (unpaired) electrons. The number of hydrogen-bond donors (Lipinski definition) is 1. The molecule has 0 aromatic carbocycles. The summed E-state index contributed by atoms with van der Waals surface area (Å²) in [6, 6.07) is -0.809. The van der Waals surface area contributed by atoms with Crippen LogP contribution in [0.3, 0.4) is 0 Å². The molecule has 244 valence electrons. The first-order chi connectivity index (χ1) is 20.0. The van der Waals surface area contributed by atoms with E-state index in [1.807, 2.05) is 41.5 Å². The van der Waals surface area contributed by atoms with Gasteiger partial charge in [0.15, 0.2) is 0 Å². The molecule has 43 heavy (non-hydrogen) atoms. The van der Waals surface area contributed by atoms with Crippen molar-refractivity contribution in [1.82, 2.24) is 0 Å². The zero-order valence-corrected chi connectivity index (χ0v) is 28.2. The van der Waals surface area contributed by atoms with Gasteiger partial charge < -0.3 is 19.9 Å². The highest BCUT2D eigenvalue weighted by Crippen LogP contribution is 2.62. The van der Waals surface area contributed by atoms with Gasteiger partial charge in [-0.05, 0) is 146 Å². The molecule has 4 aliphatic rings. The Balaban J connectivity index is 1.29. The van der Waals surface area contributed by atoms with Crippen molar-refractivity contribution in [3.8, 4) is 0 Å². The maximum Gasteiger partial charge on any atom is 0.323 e. The van der Waals surface area contributed by atoms with Gasteiger partial charge in [0.05, 0.1) is 0 Å². The zero-order valence-electron chi connectivity index (χ0n) is 28.2. The van der Waals surface area contributed by atoms with E-state index in [1.54, 1.807) is 0 Å². The van der Waals surface area contributed by atoms with Crippen molar-refractivity contribution in [3.63, 3.8) is 0 Å². The lowest BCUT2D eigenvalue weighted by atomic mass is 9.48. The summed E-state index contributed by atoms with van der Waals surface area (Å²) in [6.45, 7) is 16.1. The molecule has 4 aliphatic carbocycles. The van der Waals surface area contributed by atoms with E-state index < -0.39 is 23.2 Å². The molecule has 0 aliphatic heterocycles. The third-order valence-corrected chi connectivity index (χ3v) is 11.1. The number of fused-ring (bicyclic) bond motifs is 5. The number of allylic oxidation sites excluding steroid dienone is 2. The minimum absolute atomic E-state index is 0.0801. The van der Waals surface area contributed by atoms with E-state index in [0.717, 1.165) is 37.5 Å². The first-order valence-corrected chi connectivity index (χ1v) is 17.0. The highest BCUT2D eigenvalue weighted by Gasteiger charge is 2.55. The smallest absolute Gasteiger partial charge is 0.323 e. The second-order valence-electron chi connectivity index (χ2n) is 16.5. The van der Waals surface area contributed by atoms with Gasteiger partial charge in [0.2, 0.25) is 0 Å². The largest absolute Gasteiger partial charge is 0.461 e. The fourth-order valence-electron chi connectivity index (χ4n) is 9.05. The molecule has 0 saturated heterocycles. The highest BCUT2D eigenvalue weighted by atomic mass is 16.6. The number of carbonyl (C=O) groups excluding carboxylic acids is 3. The van der Waals surface area contributed by atoms with Crippen LogP contribution >= 0.6 is 0 Å². The standard InChI is InChI=1S/C36H59NO6/c1-22(9-17-31(38)42-34(2,3)4)25-12-13-27-26(25)14-15-29-28(27)11-10-23-21-24(19-20-36(23,29)8)41-33(40)30(37)16-18-32(39)43-35(5,6)7/h14-15,22-30H,9-13,16-21,37H2,1-8H3/t22-,23-,24-,25?,26?,27-,28+,29+,30+,36+/m1/s1. The minimum Gasteiger partial charge on any atom is -0.461 e. The molecule has 7 heteroatoms. The Labute approximate surface area is 260 Å². The number of esters is 3.